The van der Waals surface area contributed by atoms with Crippen molar-refractivity contribution in [2.45, 2.75) is 0 Å². The van der Waals surface area contributed by atoms with E-state index in [0.717, 1.165) is 6.07 Å². The lowest BCUT2D eigenvalue weighted by molar-refractivity contribution is -0.385. The zero-order valence-electron chi connectivity index (χ0n) is 9.39. The maximum atomic E-state index is 11.5. The minimum absolute atomic E-state index is 0.0238. The number of rotatable bonds is 2. The molecular weight excluding hydrogens is 238 g/mol. The van der Waals surface area contributed by atoms with Crippen LogP contribution in [0.1, 0.15) is 15.9 Å². The van der Waals surface area contributed by atoms with Gasteiger partial charge in [0, 0.05) is 18.7 Å². The third-order valence-electron chi connectivity index (χ3n) is 2.07. The molecule has 1 aromatic rings. The van der Waals surface area contributed by atoms with E-state index in [-0.39, 0.29) is 16.8 Å². The molecular formula is C11H9N3O4. The average Bonchev–Trinajstić information content (AvgIpc) is 2.37. The smallest absolute Gasteiger partial charge is 0.321 e. The van der Waals surface area contributed by atoms with Gasteiger partial charge in [-0.15, -0.1) is 6.42 Å². The van der Waals surface area contributed by atoms with Crippen molar-refractivity contribution in [1.82, 2.24) is 10.6 Å². The van der Waals surface area contributed by atoms with E-state index in [2.05, 4.69) is 11.2 Å². The fourth-order valence-electron chi connectivity index (χ4n) is 1.18. The number of hydrogen-bond donors (Lipinski definition) is 2. The van der Waals surface area contributed by atoms with E-state index in [1.807, 2.05) is 5.32 Å². The summed E-state index contributed by atoms with van der Waals surface area (Å²) in [6.45, 7) is 0. The summed E-state index contributed by atoms with van der Waals surface area (Å²) < 4.78 is 0. The maximum absolute atomic E-state index is 11.5. The molecule has 0 atom stereocenters. The lowest BCUT2D eigenvalue weighted by atomic mass is 10.1. The molecule has 1 aromatic carbocycles. The van der Waals surface area contributed by atoms with E-state index in [4.69, 9.17) is 6.42 Å². The van der Waals surface area contributed by atoms with Crippen LogP contribution in [0.5, 0.6) is 0 Å². The van der Waals surface area contributed by atoms with Crippen LogP contribution in [-0.2, 0) is 0 Å². The number of nitro benzene ring substituents is 1. The first-order chi connectivity index (χ1) is 8.49. The molecule has 0 radical (unpaired) electrons. The number of nitro groups is 1. The second-order valence-corrected chi connectivity index (χ2v) is 3.17. The summed E-state index contributed by atoms with van der Waals surface area (Å²) in [5.74, 6) is 1.39. The molecule has 0 unspecified atom stereocenters. The molecule has 0 aliphatic rings. The van der Waals surface area contributed by atoms with Gasteiger partial charge < -0.3 is 5.32 Å². The monoisotopic (exact) mass is 247 g/mol. The highest BCUT2D eigenvalue weighted by atomic mass is 16.6. The van der Waals surface area contributed by atoms with E-state index in [1.165, 1.54) is 19.2 Å². The molecule has 2 N–H and O–H groups in total. The minimum Gasteiger partial charge on any atom is -0.341 e. The van der Waals surface area contributed by atoms with Gasteiger partial charge in [-0.2, -0.15) is 0 Å². The summed E-state index contributed by atoms with van der Waals surface area (Å²) in [4.78, 5) is 32.5. The van der Waals surface area contributed by atoms with Crippen molar-refractivity contribution < 1.29 is 14.5 Å². The third kappa shape index (κ3) is 2.82. The number of carbonyl (C=O) groups excluding carboxylic acids is 2. The van der Waals surface area contributed by atoms with Crippen molar-refractivity contribution in [2.75, 3.05) is 7.05 Å². The molecule has 7 heteroatoms. The first kappa shape index (κ1) is 13.2. The van der Waals surface area contributed by atoms with E-state index < -0.39 is 16.9 Å². The standard InChI is InChI=1S/C11H9N3O4/c1-3-7-4-5-8(6-9(7)14(17)18)10(15)13-11(16)12-2/h1,4-6H,2H3,(H2,12,13,15,16). The summed E-state index contributed by atoms with van der Waals surface area (Å²) in [5.41, 5.74) is -0.317. The predicted molar refractivity (Wildman–Crippen MR) is 63.0 cm³/mol. The maximum Gasteiger partial charge on any atom is 0.321 e. The van der Waals surface area contributed by atoms with Gasteiger partial charge in [0.2, 0.25) is 0 Å². The average molecular weight is 247 g/mol. The normalized spacial score (nSPS) is 9.11. The van der Waals surface area contributed by atoms with Crippen LogP contribution in [0, 0.1) is 22.5 Å². The lowest BCUT2D eigenvalue weighted by Crippen LogP contribution is -2.37. The number of amides is 3. The van der Waals surface area contributed by atoms with Crippen LogP contribution in [0.4, 0.5) is 10.5 Å². The van der Waals surface area contributed by atoms with Crippen LogP contribution in [0.3, 0.4) is 0 Å². The summed E-state index contributed by atoms with van der Waals surface area (Å²) in [6.07, 6.45) is 5.10. The summed E-state index contributed by atoms with van der Waals surface area (Å²) >= 11 is 0. The molecule has 18 heavy (non-hydrogen) atoms. The first-order valence-corrected chi connectivity index (χ1v) is 4.77. The second kappa shape index (κ2) is 5.45. The van der Waals surface area contributed by atoms with Crippen molar-refractivity contribution in [3.63, 3.8) is 0 Å². The molecule has 1 rings (SSSR count). The Balaban J connectivity index is 3.09. The molecule has 0 aliphatic heterocycles. The molecule has 0 saturated carbocycles. The minimum atomic E-state index is -0.749. The molecule has 0 spiro atoms. The Morgan fingerprint density at radius 1 is 1.44 bits per heavy atom. The third-order valence-corrected chi connectivity index (χ3v) is 2.07. The SMILES string of the molecule is C#Cc1ccc(C(=O)NC(=O)NC)cc1[N+](=O)[O-]. The van der Waals surface area contributed by atoms with Crippen molar-refractivity contribution in [1.29, 1.82) is 0 Å². The Hall–Kier alpha value is -2.88. The lowest BCUT2D eigenvalue weighted by Gasteiger charge is -2.03. The highest BCUT2D eigenvalue weighted by Gasteiger charge is 2.17. The van der Waals surface area contributed by atoms with Crippen molar-refractivity contribution >= 4 is 17.6 Å². The summed E-state index contributed by atoms with van der Waals surface area (Å²) in [5, 5.41) is 14.9. The van der Waals surface area contributed by atoms with Gasteiger partial charge in [0.1, 0.15) is 5.56 Å². The number of imide groups is 1. The van der Waals surface area contributed by atoms with Gasteiger partial charge in [-0.05, 0) is 12.1 Å². The van der Waals surface area contributed by atoms with Crippen LogP contribution in [0.2, 0.25) is 0 Å². The van der Waals surface area contributed by atoms with E-state index >= 15 is 0 Å². The van der Waals surface area contributed by atoms with Crippen LogP contribution >= 0.6 is 0 Å². The van der Waals surface area contributed by atoms with E-state index in [9.17, 15) is 19.7 Å². The molecule has 0 bridgehead atoms. The molecule has 0 saturated heterocycles. The summed E-state index contributed by atoms with van der Waals surface area (Å²) in [6, 6.07) is 2.90. The second-order valence-electron chi connectivity index (χ2n) is 3.17. The highest BCUT2D eigenvalue weighted by Crippen LogP contribution is 2.19. The number of carbonyl (C=O) groups is 2. The van der Waals surface area contributed by atoms with Crippen LogP contribution in [0.25, 0.3) is 0 Å². The van der Waals surface area contributed by atoms with Gasteiger partial charge in [-0.25, -0.2) is 4.79 Å². The number of benzene rings is 1. The van der Waals surface area contributed by atoms with E-state index in [0.29, 0.717) is 0 Å². The molecule has 3 amide bonds. The zero-order valence-corrected chi connectivity index (χ0v) is 9.39. The van der Waals surface area contributed by atoms with Crippen molar-refractivity contribution in [3.05, 3.63) is 39.4 Å². The number of nitrogens with one attached hydrogen (secondary N) is 2. The van der Waals surface area contributed by atoms with Crippen LogP contribution in [-0.4, -0.2) is 23.9 Å². The Labute approximate surface area is 102 Å². The van der Waals surface area contributed by atoms with Gasteiger partial charge in [0.15, 0.2) is 0 Å². The van der Waals surface area contributed by atoms with Crippen LogP contribution in [0.15, 0.2) is 18.2 Å². The van der Waals surface area contributed by atoms with E-state index in [1.54, 1.807) is 0 Å². The van der Waals surface area contributed by atoms with Gasteiger partial charge >= 0.3 is 6.03 Å². The number of terminal acetylenes is 1. The van der Waals surface area contributed by atoms with Gasteiger partial charge in [-0.3, -0.25) is 20.2 Å². The highest BCUT2D eigenvalue weighted by molar-refractivity contribution is 6.04. The topological polar surface area (TPSA) is 101 Å². The number of nitrogens with zero attached hydrogens (tertiary/aromatic N) is 1. The first-order valence-electron chi connectivity index (χ1n) is 4.77. The summed E-state index contributed by atoms with van der Waals surface area (Å²) in [7, 11) is 1.34. The fraction of sp³-hybridized carbons (Fsp3) is 0.0909. The van der Waals surface area contributed by atoms with Gasteiger partial charge in [0.05, 0.1) is 4.92 Å². The Bertz CT molecular complexity index is 560. The molecule has 92 valence electrons. The molecule has 0 heterocycles. The molecule has 0 aliphatic carbocycles. The quantitative estimate of drug-likeness (QED) is 0.455. The fourth-order valence-corrected chi connectivity index (χ4v) is 1.18. The van der Waals surface area contributed by atoms with Crippen molar-refractivity contribution in [3.8, 4) is 12.3 Å². The Morgan fingerprint density at radius 2 is 2.11 bits per heavy atom. The molecule has 0 fully saturated rings. The number of hydrogen-bond acceptors (Lipinski definition) is 4. The molecule has 7 nitrogen and oxygen atoms in total. The van der Waals surface area contributed by atoms with Crippen molar-refractivity contribution in [2.24, 2.45) is 0 Å². The van der Waals surface area contributed by atoms with Gasteiger partial charge in [-0.1, -0.05) is 5.92 Å². The molecule has 0 aromatic heterocycles. The van der Waals surface area contributed by atoms with Gasteiger partial charge in [0.25, 0.3) is 11.6 Å². The van der Waals surface area contributed by atoms with Crippen LogP contribution < -0.4 is 10.6 Å². The Kier molecular flexibility index (Phi) is 3.99. The zero-order chi connectivity index (χ0) is 13.7. The predicted octanol–water partition coefficient (Wildman–Crippen LogP) is 0.645. The largest absolute Gasteiger partial charge is 0.341 e. The number of urea groups is 1. The Morgan fingerprint density at radius 3 is 2.61 bits per heavy atom.